The second kappa shape index (κ2) is 8.93. The first-order chi connectivity index (χ1) is 8.88. The summed E-state index contributed by atoms with van der Waals surface area (Å²) in [6.07, 6.45) is -0.359. The van der Waals surface area contributed by atoms with E-state index in [9.17, 15) is 9.90 Å². The van der Waals surface area contributed by atoms with E-state index in [1.807, 2.05) is 6.92 Å². The lowest BCUT2D eigenvalue weighted by molar-refractivity contribution is -0.134. The average Bonchev–Trinajstić information content (AvgIpc) is 2.28. The maximum absolute atomic E-state index is 11.5. The second-order valence-corrected chi connectivity index (χ2v) is 3.64. The summed E-state index contributed by atoms with van der Waals surface area (Å²) >= 11 is 0. The van der Waals surface area contributed by atoms with Gasteiger partial charge in [0.1, 0.15) is 11.3 Å². The first kappa shape index (κ1) is 16.9. The van der Waals surface area contributed by atoms with Crippen molar-refractivity contribution in [2.75, 3.05) is 6.54 Å². The number of benzene rings is 1. The molecule has 0 saturated heterocycles. The molecule has 1 atom stereocenters. The lowest BCUT2D eigenvalue weighted by atomic mass is 10.2. The van der Waals surface area contributed by atoms with Crippen LogP contribution in [0.15, 0.2) is 24.3 Å². The number of ether oxygens (including phenoxy) is 1. The van der Waals surface area contributed by atoms with E-state index < -0.39 is 11.9 Å². The Morgan fingerprint density at radius 2 is 1.89 bits per heavy atom. The number of carboxylic acids is 1. The average molecular weight is 269 g/mol. The van der Waals surface area contributed by atoms with Crippen LogP contribution in [0.25, 0.3) is 0 Å². The van der Waals surface area contributed by atoms with Crippen molar-refractivity contribution >= 4 is 11.9 Å². The van der Waals surface area contributed by atoms with Gasteiger partial charge < -0.3 is 14.9 Å². The quantitative estimate of drug-likeness (QED) is 0.567. The van der Waals surface area contributed by atoms with Crippen LogP contribution in [0.5, 0.6) is 5.75 Å². The largest absolute Gasteiger partial charge is 0.507 e. The van der Waals surface area contributed by atoms with Gasteiger partial charge in [-0.1, -0.05) is 19.1 Å². The normalized spacial score (nSPS) is 10.9. The zero-order valence-electron chi connectivity index (χ0n) is 11.2. The van der Waals surface area contributed by atoms with E-state index in [-0.39, 0.29) is 17.5 Å². The van der Waals surface area contributed by atoms with Crippen LogP contribution in [0.1, 0.15) is 31.1 Å². The van der Waals surface area contributed by atoms with Gasteiger partial charge in [0.2, 0.25) is 0 Å². The molecule has 0 aliphatic rings. The molecule has 0 saturated carbocycles. The predicted molar refractivity (Wildman–Crippen MR) is 70.0 cm³/mol. The zero-order valence-corrected chi connectivity index (χ0v) is 11.2. The third-order valence-electron chi connectivity index (χ3n) is 1.90. The Labute approximate surface area is 112 Å². The number of phenols is 1. The lowest BCUT2D eigenvalue weighted by Crippen LogP contribution is -2.30. The minimum atomic E-state index is -0.833. The number of hydrogen-bond acceptors (Lipinski definition) is 5. The van der Waals surface area contributed by atoms with E-state index >= 15 is 0 Å². The Hall–Kier alpha value is -2.08. The summed E-state index contributed by atoms with van der Waals surface area (Å²) < 4.78 is 5.05. The van der Waals surface area contributed by atoms with Gasteiger partial charge in [0.15, 0.2) is 6.23 Å². The highest BCUT2D eigenvalue weighted by Crippen LogP contribution is 2.16. The Balaban J connectivity index is 0.000000711. The van der Waals surface area contributed by atoms with Crippen molar-refractivity contribution in [1.29, 1.82) is 0 Å². The monoisotopic (exact) mass is 269 g/mol. The first-order valence-corrected chi connectivity index (χ1v) is 5.80. The van der Waals surface area contributed by atoms with Gasteiger partial charge in [-0.2, -0.15) is 0 Å². The van der Waals surface area contributed by atoms with E-state index in [1.165, 1.54) is 12.1 Å². The van der Waals surface area contributed by atoms with Gasteiger partial charge in [0.05, 0.1) is 0 Å². The third kappa shape index (κ3) is 7.77. The molecule has 0 aliphatic carbocycles. The molecule has 6 heteroatoms. The second-order valence-electron chi connectivity index (χ2n) is 3.64. The van der Waals surface area contributed by atoms with Crippen LogP contribution in [0.2, 0.25) is 0 Å². The summed E-state index contributed by atoms with van der Waals surface area (Å²) in [7, 11) is 0. The Morgan fingerprint density at radius 1 is 1.37 bits per heavy atom. The van der Waals surface area contributed by atoms with Crippen molar-refractivity contribution in [1.82, 2.24) is 5.32 Å². The molecule has 0 aliphatic heterocycles. The number of para-hydroxylation sites is 1. The zero-order chi connectivity index (χ0) is 14.8. The molecule has 0 radical (unpaired) electrons. The molecule has 1 aromatic carbocycles. The molecule has 1 rings (SSSR count). The lowest BCUT2D eigenvalue weighted by Gasteiger charge is -2.13. The molecule has 6 nitrogen and oxygen atoms in total. The number of phenolic OH excluding ortho intramolecular Hbond substituents is 1. The van der Waals surface area contributed by atoms with Crippen LogP contribution in [0.3, 0.4) is 0 Å². The third-order valence-corrected chi connectivity index (χ3v) is 1.90. The summed E-state index contributed by atoms with van der Waals surface area (Å²) in [5.41, 5.74) is 0.183. The topological polar surface area (TPSA) is 95.9 Å². The Morgan fingerprint density at radius 3 is 2.37 bits per heavy atom. The SMILES string of the molecule is CC(=O)O.CCNC(C)OC(=O)c1ccccc1O. The molecule has 0 heterocycles. The number of carbonyl (C=O) groups is 2. The highest BCUT2D eigenvalue weighted by atomic mass is 16.6. The van der Waals surface area contributed by atoms with Crippen molar-refractivity contribution in [2.45, 2.75) is 27.0 Å². The Kier molecular flexibility index (Phi) is 7.95. The van der Waals surface area contributed by atoms with Crippen molar-refractivity contribution in [3.8, 4) is 5.75 Å². The number of hydrogen-bond donors (Lipinski definition) is 3. The van der Waals surface area contributed by atoms with Gasteiger partial charge in [0, 0.05) is 6.92 Å². The maximum Gasteiger partial charge on any atom is 0.343 e. The van der Waals surface area contributed by atoms with Gasteiger partial charge in [-0.15, -0.1) is 0 Å². The summed E-state index contributed by atoms with van der Waals surface area (Å²) in [6.45, 7) is 5.46. The number of rotatable bonds is 4. The summed E-state index contributed by atoms with van der Waals surface area (Å²) in [5.74, 6) is -1.42. The summed E-state index contributed by atoms with van der Waals surface area (Å²) in [6, 6.07) is 6.30. The van der Waals surface area contributed by atoms with Gasteiger partial charge in [-0.3, -0.25) is 10.1 Å². The standard InChI is InChI=1S/C11H15NO3.C2H4O2/c1-3-12-8(2)15-11(14)9-6-4-5-7-10(9)13;1-2(3)4/h4-8,12-13H,3H2,1-2H3;1H3,(H,3,4). The van der Waals surface area contributed by atoms with Crippen molar-refractivity contribution in [3.05, 3.63) is 29.8 Å². The number of carbonyl (C=O) groups excluding carboxylic acids is 1. The molecular weight excluding hydrogens is 250 g/mol. The van der Waals surface area contributed by atoms with Crippen molar-refractivity contribution in [2.24, 2.45) is 0 Å². The van der Waals surface area contributed by atoms with Crippen LogP contribution in [0.4, 0.5) is 0 Å². The van der Waals surface area contributed by atoms with Crippen molar-refractivity contribution in [3.63, 3.8) is 0 Å². The molecule has 19 heavy (non-hydrogen) atoms. The maximum atomic E-state index is 11.5. The molecule has 0 fully saturated rings. The molecule has 106 valence electrons. The van der Waals surface area contributed by atoms with Gasteiger partial charge in [-0.25, -0.2) is 4.79 Å². The van der Waals surface area contributed by atoms with Crippen LogP contribution in [0, 0.1) is 0 Å². The smallest absolute Gasteiger partial charge is 0.343 e. The molecule has 0 aromatic heterocycles. The summed E-state index contributed by atoms with van der Waals surface area (Å²) in [5, 5.41) is 19.8. The van der Waals surface area contributed by atoms with E-state index in [2.05, 4.69) is 5.32 Å². The highest BCUT2D eigenvalue weighted by molar-refractivity contribution is 5.92. The minimum absolute atomic E-state index is 0.0637. The van der Waals surface area contributed by atoms with Crippen LogP contribution < -0.4 is 5.32 Å². The predicted octanol–water partition coefficient (Wildman–Crippen LogP) is 1.60. The van der Waals surface area contributed by atoms with E-state index in [0.717, 1.165) is 13.5 Å². The van der Waals surface area contributed by atoms with E-state index in [1.54, 1.807) is 19.1 Å². The van der Waals surface area contributed by atoms with Gasteiger partial charge in [-0.05, 0) is 25.6 Å². The minimum Gasteiger partial charge on any atom is -0.507 e. The highest BCUT2D eigenvalue weighted by Gasteiger charge is 2.14. The fourth-order valence-corrected chi connectivity index (χ4v) is 1.20. The fourth-order valence-electron chi connectivity index (χ4n) is 1.20. The van der Waals surface area contributed by atoms with Crippen molar-refractivity contribution < 1.29 is 24.5 Å². The molecule has 0 spiro atoms. The molecule has 0 amide bonds. The number of esters is 1. The molecule has 1 aromatic rings. The molecule has 3 N–H and O–H groups in total. The molecule has 0 bridgehead atoms. The number of aliphatic carboxylic acids is 1. The number of nitrogens with one attached hydrogen (secondary N) is 1. The van der Waals surface area contributed by atoms with Gasteiger partial charge in [0.25, 0.3) is 5.97 Å². The van der Waals surface area contributed by atoms with E-state index in [4.69, 9.17) is 14.6 Å². The van der Waals surface area contributed by atoms with Crippen LogP contribution >= 0.6 is 0 Å². The summed E-state index contributed by atoms with van der Waals surface area (Å²) in [4.78, 5) is 20.5. The molecular formula is C13H19NO5. The van der Waals surface area contributed by atoms with Gasteiger partial charge >= 0.3 is 5.97 Å². The molecule has 1 unspecified atom stereocenters. The number of carboxylic acid groups (broad SMARTS) is 1. The first-order valence-electron chi connectivity index (χ1n) is 5.80. The Bertz CT molecular complexity index is 415. The van der Waals surface area contributed by atoms with Crippen LogP contribution in [-0.2, 0) is 9.53 Å². The number of aromatic hydroxyl groups is 1. The van der Waals surface area contributed by atoms with Crippen LogP contribution in [-0.4, -0.2) is 34.9 Å². The van der Waals surface area contributed by atoms with E-state index in [0.29, 0.717) is 0 Å². The fraction of sp³-hybridized carbons (Fsp3) is 0.385.